The Hall–Kier alpha value is -2.34. The van der Waals surface area contributed by atoms with E-state index in [2.05, 4.69) is 35.1 Å². The lowest BCUT2D eigenvalue weighted by molar-refractivity contribution is 0.0755. The maximum absolute atomic E-state index is 12.8. The third-order valence-corrected chi connectivity index (χ3v) is 4.76. The van der Waals surface area contributed by atoms with E-state index in [1.807, 2.05) is 11.8 Å². The zero-order chi connectivity index (χ0) is 20.5. The number of anilines is 1. The number of nitrogens with one attached hydrogen (secondary N) is 1. The molecule has 0 spiro atoms. The van der Waals surface area contributed by atoms with E-state index in [0.29, 0.717) is 29.2 Å². The summed E-state index contributed by atoms with van der Waals surface area (Å²) in [7, 11) is 0. The van der Waals surface area contributed by atoms with Gasteiger partial charge in [0.15, 0.2) is 0 Å². The number of amides is 2. The molecule has 0 saturated carbocycles. The summed E-state index contributed by atoms with van der Waals surface area (Å²) in [4.78, 5) is 27.2. The van der Waals surface area contributed by atoms with E-state index in [1.54, 1.807) is 42.5 Å². The zero-order valence-corrected chi connectivity index (χ0v) is 18.2. The Kier molecular flexibility index (Phi) is 8.51. The fourth-order valence-electron chi connectivity index (χ4n) is 2.89. The molecule has 2 aromatic rings. The highest BCUT2D eigenvalue weighted by Crippen LogP contribution is 2.26. The fourth-order valence-corrected chi connectivity index (χ4v) is 3.38. The Bertz CT molecular complexity index is 817. The molecule has 2 rings (SSSR count). The first-order valence-corrected chi connectivity index (χ1v) is 10.4. The standard InChI is InChI=1S/C22H27BrN2O3/c1-4-12-25(13-5-2)22(27)17-8-7-9-18(14-17)24-21(26)16-10-11-20(28-6-3)19(23)15-16/h7-11,14-15H,4-6,12-13H2,1-3H3,(H,24,26). The van der Waals surface area contributed by atoms with Crippen LogP contribution in [0.1, 0.15) is 54.3 Å². The predicted molar refractivity (Wildman–Crippen MR) is 116 cm³/mol. The van der Waals surface area contributed by atoms with Gasteiger partial charge in [0.25, 0.3) is 11.8 Å². The molecule has 0 aliphatic carbocycles. The summed E-state index contributed by atoms with van der Waals surface area (Å²) in [6, 6.07) is 12.3. The molecule has 0 heterocycles. The Labute approximate surface area is 175 Å². The van der Waals surface area contributed by atoms with Gasteiger partial charge >= 0.3 is 0 Å². The molecule has 2 amide bonds. The molecule has 0 unspecified atom stereocenters. The van der Waals surface area contributed by atoms with Crippen molar-refractivity contribution in [2.24, 2.45) is 0 Å². The van der Waals surface area contributed by atoms with Crippen LogP contribution < -0.4 is 10.1 Å². The quantitative estimate of drug-likeness (QED) is 0.563. The molecule has 5 nitrogen and oxygen atoms in total. The summed E-state index contributed by atoms with van der Waals surface area (Å²) in [6.07, 6.45) is 1.82. The normalized spacial score (nSPS) is 10.4. The molecule has 0 bridgehead atoms. The first-order valence-electron chi connectivity index (χ1n) is 9.63. The molecule has 1 N–H and O–H groups in total. The van der Waals surface area contributed by atoms with Gasteiger partial charge < -0.3 is 15.0 Å². The second kappa shape index (κ2) is 10.9. The molecular weight excluding hydrogens is 420 g/mol. The van der Waals surface area contributed by atoms with E-state index in [-0.39, 0.29) is 11.8 Å². The number of carbonyl (C=O) groups is 2. The summed E-state index contributed by atoms with van der Waals surface area (Å²) in [5, 5.41) is 2.86. The van der Waals surface area contributed by atoms with Crippen molar-refractivity contribution in [3.8, 4) is 5.75 Å². The van der Waals surface area contributed by atoms with E-state index < -0.39 is 0 Å². The monoisotopic (exact) mass is 446 g/mol. The lowest BCUT2D eigenvalue weighted by Crippen LogP contribution is -2.32. The molecule has 28 heavy (non-hydrogen) atoms. The minimum Gasteiger partial charge on any atom is -0.493 e. The zero-order valence-electron chi connectivity index (χ0n) is 16.6. The highest BCUT2D eigenvalue weighted by molar-refractivity contribution is 9.10. The van der Waals surface area contributed by atoms with Gasteiger partial charge in [-0.05, 0) is 72.1 Å². The van der Waals surface area contributed by atoms with Crippen LogP contribution in [0.3, 0.4) is 0 Å². The van der Waals surface area contributed by atoms with Crippen LogP contribution in [0.5, 0.6) is 5.75 Å². The molecule has 0 aromatic heterocycles. The van der Waals surface area contributed by atoms with Crippen LogP contribution in [-0.4, -0.2) is 36.4 Å². The third kappa shape index (κ3) is 5.83. The summed E-state index contributed by atoms with van der Waals surface area (Å²) in [5.74, 6) is 0.439. The molecule has 0 saturated heterocycles. The summed E-state index contributed by atoms with van der Waals surface area (Å²) in [5.41, 5.74) is 1.67. The van der Waals surface area contributed by atoms with Gasteiger partial charge in [0.1, 0.15) is 5.75 Å². The van der Waals surface area contributed by atoms with Gasteiger partial charge in [-0.3, -0.25) is 9.59 Å². The summed E-state index contributed by atoms with van der Waals surface area (Å²) < 4.78 is 6.20. The van der Waals surface area contributed by atoms with Crippen molar-refractivity contribution in [1.82, 2.24) is 4.90 Å². The molecular formula is C22H27BrN2O3. The number of benzene rings is 2. The van der Waals surface area contributed by atoms with Gasteiger partial charge in [0, 0.05) is 29.9 Å². The fraction of sp³-hybridized carbons (Fsp3) is 0.364. The van der Waals surface area contributed by atoms with E-state index in [0.717, 1.165) is 30.4 Å². The van der Waals surface area contributed by atoms with E-state index in [4.69, 9.17) is 4.74 Å². The average molecular weight is 447 g/mol. The Morgan fingerprint density at radius 1 is 1.00 bits per heavy atom. The van der Waals surface area contributed by atoms with Crippen LogP contribution in [0, 0.1) is 0 Å². The molecule has 0 atom stereocenters. The van der Waals surface area contributed by atoms with Crippen molar-refractivity contribution in [2.75, 3.05) is 25.0 Å². The topological polar surface area (TPSA) is 58.6 Å². The molecule has 0 fully saturated rings. The minimum atomic E-state index is -0.243. The largest absolute Gasteiger partial charge is 0.493 e. The Balaban J connectivity index is 2.14. The van der Waals surface area contributed by atoms with E-state index in [9.17, 15) is 9.59 Å². The number of hydrogen-bond acceptors (Lipinski definition) is 3. The Morgan fingerprint density at radius 3 is 2.32 bits per heavy atom. The van der Waals surface area contributed by atoms with Gasteiger partial charge in [-0.25, -0.2) is 0 Å². The number of rotatable bonds is 9. The highest BCUT2D eigenvalue weighted by atomic mass is 79.9. The minimum absolute atomic E-state index is 0.0105. The van der Waals surface area contributed by atoms with E-state index >= 15 is 0 Å². The third-order valence-electron chi connectivity index (χ3n) is 4.14. The van der Waals surface area contributed by atoms with Crippen molar-refractivity contribution >= 4 is 33.4 Å². The molecule has 0 aliphatic rings. The molecule has 0 radical (unpaired) electrons. The van der Waals surface area contributed by atoms with Gasteiger partial charge in [-0.1, -0.05) is 19.9 Å². The van der Waals surface area contributed by atoms with Crippen LogP contribution in [0.25, 0.3) is 0 Å². The molecule has 0 aliphatic heterocycles. The Morgan fingerprint density at radius 2 is 1.71 bits per heavy atom. The number of hydrogen-bond donors (Lipinski definition) is 1. The summed E-state index contributed by atoms with van der Waals surface area (Å²) in [6.45, 7) is 8.03. The predicted octanol–water partition coefficient (Wildman–Crippen LogP) is 5.36. The number of ether oxygens (including phenoxy) is 1. The van der Waals surface area contributed by atoms with Crippen LogP contribution in [0.15, 0.2) is 46.9 Å². The smallest absolute Gasteiger partial charge is 0.255 e. The number of halogens is 1. The van der Waals surface area contributed by atoms with Crippen molar-refractivity contribution in [1.29, 1.82) is 0 Å². The van der Waals surface area contributed by atoms with Crippen LogP contribution in [-0.2, 0) is 0 Å². The van der Waals surface area contributed by atoms with Crippen LogP contribution in [0.4, 0.5) is 5.69 Å². The lowest BCUT2D eigenvalue weighted by atomic mass is 10.1. The van der Waals surface area contributed by atoms with Gasteiger partial charge in [0.2, 0.25) is 0 Å². The number of nitrogens with zero attached hydrogens (tertiary/aromatic N) is 1. The van der Waals surface area contributed by atoms with Crippen molar-refractivity contribution in [3.05, 3.63) is 58.1 Å². The van der Waals surface area contributed by atoms with E-state index in [1.165, 1.54) is 0 Å². The van der Waals surface area contributed by atoms with Crippen LogP contribution >= 0.6 is 15.9 Å². The first-order chi connectivity index (χ1) is 13.5. The first kappa shape index (κ1) is 22.0. The van der Waals surface area contributed by atoms with Crippen molar-refractivity contribution < 1.29 is 14.3 Å². The summed E-state index contributed by atoms with van der Waals surface area (Å²) >= 11 is 3.42. The van der Waals surface area contributed by atoms with Crippen molar-refractivity contribution in [2.45, 2.75) is 33.6 Å². The number of carbonyl (C=O) groups excluding carboxylic acids is 2. The average Bonchev–Trinajstić information content (AvgIpc) is 2.69. The molecule has 150 valence electrons. The highest BCUT2D eigenvalue weighted by Gasteiger charge is 2.15. The molecule has 6 heteroatoms. The van der Waals surface area contributed by atoms with Gasteiger partial charge in [-0.15, -0.1) is 0 Å². The molecule has 2 aromatic carbocycles. The maximum atomic E-state index is 12.8. The van der Waals surface area contributed by atoms with Gasteiger partial charge in [0.05, 0.1) is 11.1 Å². The van der Waals surface area contributed by atoms with Crippen LogP contribution in [0.2, 0.25) is 0 Å². The SMILES string of the molecule is CCCN(CCC)C(=O)c1cccc(NC(=O)c2ccc(OCC)c(Br)c2)c1. The van der Waals surface area contributed by atoms with Crippen molar-refractivity contribution in [3.63, 3.8) is 0 Å². The second-order valence-corrected chi connectivity index (χ2v) is 7.26. The van der Waals surface area contributed by atoms with Gasteiger partial charge in [-0.2, -0.15) is 0 Å². The maximum Gasteiger partial charge on any atom is 0.255 e. The second-order valence-electron chi connectivity index (χ2n) is 6.41. The lowest BCUT2D eigenvalue weighted by Gasteiger charge is -2.21.